The van der Waals surface area contributed by atoms with E-state index in [9.17, 15) is 4.79 Å². The number of ether oxygens (including phenoxy) is 1. The molecule has 0 bridgehead atoms. The maximum atomic E-state index is 11.4. The van der Waals surface area contributed by atoms with Crippen LogP contribution in [-0.2, 0) is 9.53 Å². The Kier molecular flexibility index (Phi) is 6.11. The van der Waals surface area contributed by atoms with E-state index in [0.29, 0.717) is 17.9 Å². The van der Waals surface area contributed by atoms with Crippen molar-refractivity contribution in [2.75, 3.05) is 13.4 Å². The molecule has 0 unspecified atom stereocenters. The second-order valence-electron chi connectivity index (χ2n) is 4.12. The van der Waals surface area contributed by atoms with Crippen LogP contribution in [0.5, 0.6) is 0 Å². The van der Waals surface area contributed by atoms with Gasteiger partial charge >= 0.3 is 5.97 Å². The number of rotatable bonds is 5. The summed E-state index contributed by atoms with van der Waals surface area (Å²) in [5.41, 5.74) is 0.489. The molecule has 0 atom stereocenters. The average Bonchev–Trinajstić information content (AvgIpc) is 2.30. The Hall–Kier alpha value is -0.870. The van der Waals surface area contributed by atoms with Crippen LogP contribution < -0.4 is 0 Å². The summed E-state index contributed by atoms with van der Waals surface area (Å²) in [5.74, 6) is -0.0938. The molecule has 0 spiro atoms. The van der Waals surface area contributed by atoms with E-state index in [1.54, 1.807) is 0 Å². The summed E-state index contributed by atoms with van der Waals surface area (Å²) in [5, 5.41) is 17.4. The Morgan fingerprint density at radius 2 is 1.94 bits per heavy atom. The molecule has 0 saturated heterocycles. The first-order valence-electron chi connectivity index (χ1n) is 5.87. The van der Waals surface area contributed by atoms with E-state index in [1.807, 2.05) is 6.08 Å². The largest absolute Gasteiger partial charge is 0.435 e. The van der Waals surface area contributed by atoms with Crippen molar-refractivity contribution in [2.45, 2.75) is 38.5 Å². The fourth-order valence-corrected chi connectivity index (χ4v) is 2.11. The molecule has 4 nitrogen and oxygen atoms in total. The maximum Gasteiger partial charge on any atom is 0.335 e. The first-order valence-corrected chi connectivity index (χ1v) is 5.87. The van der Waals surface area contributed by atoms with Crippen LogP contribution in [0.4, 0.5) is 0 Å². The fourth-order valence-electron chi connectivity index (χ4n) is 2.11. The molecule has 1 saturated carbocycles. The molecule has 0 aromatic heterocycles. The molecule has 0 aromatic rings. The molecule has 0 aromatic carbocycles. The van der Waals surface area contributed by atoms with E-state index < -0.39 is 12.8 Å². The van der Waals surface area contributed by atoms with Gasteiger partial charge in [0.05, 0.1) is 0 Å². The van der Waals surface area contributed by atoms with Gasteiger partial charge in [-0.15, -0.1) is 0 Å². The lowest BCUT2D eigenvalue weighted by atomic mass is 9.87. The van der Waals surface area contributed by atoms with E-state index in [4.69, 9.17) is 10.2 Å². The van der Waals surface area contributed by atoms with Gasteiger partial charge < -0.3 is 14.9 Å². The summed E-state index contributed by atoms with van der Waals surface area (Å²) in [6.45, 7) is -0.675. The molecule has 1 rings (SSSR count). The van der Waals surface area contributed by atoms with Gasteiger partial charge in [0.25, 0.3) is 0 Å². The van der Waals surface area contributed by atoms with Crippen LogP contribution in [0, 0.1) is 5.92 Å². The molecule has 16 heavy (non-hydrogen) atoms. The van der Waals surface area contributed by atoms with Crippen molar-refractivity contribution in [1.82, 2.24) is 0 Å². The quantitative estimate of drug-likeness (QED) is 0.423. The molecule has 1 fully saturated rings. The lowest BCUT2D eigenvalue weighted by Gasteiger charge is -2.19. The van der Waals surface area contributed by atoms with Crippen LogP contribution >= 0.6 is 0 Å². The van der Waals surface area contributed by atoms with Crippen molar-refractivity contribution in [3.8, 4) is 0 Å². The van der Waals surface area contributed by atoms with E-state index >= 15 is 0 Å². The van der Waals surface area contributed by atoms with Gasteiger partial charge in [-0.25, -0.2) is 4.79 Å². The van der Waals surface area contributed by atoms with Gasteiger partial charge in [-0.3, -0.25) is 0 Å². The highest BCUT2D eigenvalue weighted by Gasteiger charge is 2.16. The number of aliphatic hydroxyl groups is 2. The van der Waals surface area contributed by atoms with Gasteiger partial charge in [-0.1, -0.05) is 25.3 Å². The zero-order valence-corrected chi connectivity index (χ0v) is 9.52. The Labute approximate surface area is 95.9 Å². The molecule has 0 amide bonds. The standard InChI is InChI=1S/C12H20O4/c13-7-6-11(12(15)16-9-14)8-10-4-2-1-3-5-10/h8,10,13-14H,1-7,9H2. The van der Waals surface area contributed by atoms with E-state index in [2.05, 4.69) is 4.74 Å². The van der Waals surface area contributed by atoms with Crippen LogP contribution in [0.2, 0.25) is 0 Å². The highest BCUT2D eigenvalue weighted by Crippen LogP contribution is 2.26. The van der Waals surface area contributed by atoms with Crippen LogP contribution in [0.1, 0.15) is 38.5 Å². The Morgan fingerprint density at radius 1 is 1.25 bits per heavy atom. The Bertz CT molecular complexity index is 241. The van der Waals surface area contributed by atoms with Gasteiger partial charge in [-0.2, -0.15) is 0 Å². The van der Waals surface area contributed by atoms with Crippen molar-refractivity contribution < 1.29 is 19.7 Å². The second-order valence-corrected chi connectivity index (χ2v) is 4.12. The van der Waals surface area contributed by atoms with Crippen LogP contribution in [0.15, 0.2) is 11.6 Å². The summed E-state index contributed by atoms with van der Waals surface area (Å²) in [4.78, 5) is 11.4. The third kappa shape index (κ3) is 4.33. The topological polar surface area (TPSA) is 66.8 Å². The second kappa shape index (κ2) is 7.41. The number of allylic oxidation sites excluding steroid dienone is 1. The highest BCUT2D eigenvalue weighted by atomic mass is 16.6. The minimum Gasteiger partial charge on any atom is -0.435 e. The van der Waals surface area contributed by atoms with Crippen molar-refractivity contribution in [3.63, 3.8) is 0 Å². The third-order valence-electron chi connectivity index (χ3n) is 2.93. The van der Waals surface area contributed by atoms with Gasteiger partial charge in [-0.05, 0) is 18.8 Å². The number of hydrogen-bond acceptors (Lipinski definition) is 4. The van der Waals surface area contributed by atoms with Crippen molar-refractivity contribution in [2.24, 2.45) is 5.92 Å². The zero-order chi connectivity index (χ0) is 11.8. The summed E-state index contributed by atoms with van der Waals surface area (Å²) in [6.07, 6.45) is 8.07. The lowest BCUT2D eigenvalue weighted by molar-refractivity contribution is -0.147. The number of esters is 1. The Balaban J connectivity index is 2.58. The monoisotopic (exact) mass is 228 g/mol. The predicted octanol–water partition coefficient (Wildman–Crippen LogP) is 1.37. The molecular weight excluding hydrogens is 208 g/mol. The smallest absolute Gasteiger partial charge is 0.335 e. The van der Waals surface area contributed by atoms with E-state index in [0.717, 1.165) is 12.8 Å². The molecule has 4 heteroatoms. The van der Waals surface area contributed by atoms with Gasteiger partial charge in [0, 0.05) is 18.6 Å². The highest BCUT2D eigenvalue weighted by molar-refractivity contribution is 5.88. The minimum atomic E-state index is -0.605. The number of carbonyl (C=O) groups is 1. The van der Waals surface area contributed by atoms with Gasteiger partial charge in [0.1, 0.15) is 0 Å². The van der Waals surface area contributed by atoms with E-state index in [1.165, 1.54) is 19.3 Å². The number of hydrogen-bond donors (Lipinski definition) is 2. The molecule has 0 radical (unpaired) electrons. The molecule has 1 aliphatic carbocycles. The normalized spacial score (nSPS) is 18.5. The average molecular weight is 228 g/mol. The fraction of sp³-hybridized carbons (Fsp3) is 0.750. The van der Waals surface area contributed by atoms with Crippen molar-refractivity contribution in [1.29, 1.82) is 0 Å². The molecular formula is C12H20O4. The van der Waals surface area contributed by atoms with Crippen molar-refractivity contribution in [3.05, 3.63) is 11.6 Å². The molecule has 2 N–H and O–H groups in total. The first-order chi connectivity index (χ1) is 7.77. The SMILES string of the molecule is O=C(OCO)C(=CC1CCCCC1)CCO. The van der Waals surface area contributed by atoms with Crippen molar-refractivity contribution >= 4 is 5.97 Å². The number of carbonyl (C=O) groups excluding carboxylic acids is 1. The summed E-state index contributed by atoms with van der Waals surface area (Å²) in [7, 11) is 0. The summed E-state index contributed by atoms with van der Waals surface area (Å²) >= 11 is 0. The molecule has 1 aliphatic rings. The summed E-state index contributed by atoms with van der Waals surface area (Å²) < 4.78 is 4.54. The maximum absolute atomic E-state index is 11.4. The van der Waals surface area contributed by atoms with E-state index in [-0.39, 0.29) is 6.61 Å². The zero-order valence-electron chi connectivity index (χ0n) is 9.52. The van der Waals surface area contributed by atoms with Crippen LogP contribution in [-0.4, -0.2) is 29.6 Å². The first kappa shape index (κ1) is 13.2. The minimum absolute atomic E-state index is 0.0704. The van der Waals surface area contributed by atoms with Crippen LogP contribution in [0.25, 0.3) is 0 Å². The van der Waals surface area contributed by atoms with Crippen LogP contribution in [0.3, 0.4) is 0 Å². The molecule has 0 aliphatic heterocycles. The molecule has 0 heterocycles. The molecule has 92 valence electrons. The predicted molar refractivity (Wildman–Crippen MR) is 59.5 cm³/mol. The lowest BCUT2D eigenvalue weighted by Crippen LogP contribution is -2.13. The third-order valence-corrected chi connectivity index (χ3v) is 2.93. The summed E-state index contributed by atoms with van der Waals surface area (Å²) in [6, 6.07) is 0. The number of aliphatic hydroxyl groups excluding tert-OH is 2. The van der Waals surface area contributed by atoms with Gasteiger partial charge in [0.15, 0.2) is 6.79 Å². The Morgan fingerprint density at radius 3 is 2.50 bits per heavy atom. The van der Waals surface area contributed by atoms with Gasteiger partial charge in [0.2, 0.25) is 0 Å².